The largest absolute Gasteiger partial charge is 0.454 e. The minimum absolute atomic E-state index is 0.0208. The number of carbonyl (C=O) groups excluding carboxylic acids is 2. The van der Waals surface area contributed by atoms with Crippen molar-refractivity contribution in [2.24, 2.45) is 17.3 Å². The van der Waals surface area contributed by atoms with Crippen LogP contribution in [0.4, 0.5) is 0 Å². The van der Waals surface area contributed by atoms with Gasteiger partial charge in [-0.25, -0.2) is 0 Å². The van der Waals surface area contributed by atoms with E-state index in [4.69, 9.17) is 14.2 Å². The van der Waals surface area contributed by atoms with Crippen molar-refractivity contribution in [3.63, 3.8) is 0 Å². The molecule has 5 atom stereocenters. The van der Waals surface area contributed by atoms with Gasteiger partial charge >= 0.3 is 0 Å². The van der Waals surface area contributed by atoms with E-state index in [1.807, 2.05) is 18.2 Å². The van der Waals surface area contributed by atoms with Gasteiger partial charge in [-0.2, -0.15) is 0 Å². The van der Waals surface area contributed by atoms with Crippen molar-refractivity contribution < 1.29 is 23.8 Å². The number of fused-ring (bicyclic) bond motifs is 3. The first-order valence-electron chi connectivity index (χ1n) is 8.65. The second-order valence-corrected chi connectivity index (χ2v) is 7.25. The zero-order valence-corrected chi connectivity index (χ0v) is 14.5. The van der Waals surface area contributed by atoms with Crippen LogP contribution in [0.15, 0.2) is 30.9 Å². The van der Waals surface area contributed by atoms with E-state index in [0.717, 1.165) is 5.56 Å². The molecule has 132 valence electrons. The first-order valence-corrected chi connectivity index (χ1v) is 8.65. The molecular formula is C20H22O5. The highest BCUT2D eigenvalue weighted by molar-refractivity contribution is 6.12. The minimum Gasteiger partial charge on any atom is -0.454 e. The van der Waals surface area contributed by atoms with Crippen LogP contribution < -0.4 is 9.47 Å². The third-order valence-electron chi connectivity index (χ3n) is 6.29. The van der Waals surface area contributed by atoms with Gasteiger partial charge in [0.1, 0.15) is 6.10 Å². The molecule has 5 heteroatoms. The molecule has 1 aromatic rings. The summed E-state index contributed by atoms with van der Waals surface area (Å²) in [4.78, 5) is 26.1. The molecule has 0 aromatic heterocycles. The topological polar surface area (TPSA) is 61.8 Å². The van der Waals surface area contributed by atoms with Gasteiger partial charge in [-0.1, -0.05) is 19.1 Å². The van der Waals surface area contributed by atoms with E-state index >= 15 is 0 Å². The third-order valence-corrected chi connectivity index (χ3v) is 6.29. The van der Waals surface area contributed by atoms with E-state index in [1.165, 1.54) is 0 Å². The number of ketones is 2. The molecule has 1 aliphatic heterocycles. The Morgan fingerprint density at radius 3 is 2.80 bits per heavy atom. The summed E-state index contributed by atoms with van der Waals surface area (Å²) in [6.45, 7) is 6.11. The van der Waals surface area contributed by atoms with Crippen molar-refractivity contribution in [1.29, 1.82) is 0 Å². The predicted octanol–water partition coefficient (Wildman–Crippen LogP) is 2.88. The van der Waals surface area contributed by atoms with Crippen molar-refractivity contribution in [1.82, 2.24) is 0 Å². The molecule has 2 fully saturated rings. The molecule has 2 aliphatic carbocycles. The summed E-state index contributed by atoms with van der Waals surface area (Å²) in [6, 6.07) is 5.71. The summed E-state index contributed by atoms with van der Waals surface area (Å²) < 4.78 is 16.3. The highest BCUT2D eigenvalue weighted by atomic mass is 16.7. The fourth-order valence-electron chi connectivity index (χ4n) is 4.98. The summed E-state index contributed by atoms with van der Waals surface area (Å²) in [5.41, 5.74) is 0.369. The maximum atomic E-state index is 13.2. The number of hydrogen-bond donors (Lipinski definition) is 0. The van der Waals surface area contributed by atoms with Crippen LogP contribution in [-0.2, 0) is 14.3 Å². The van der Waals surface area contributed by atoms with Crippen LogP contribution >= 0.6 is 0 Å². The van der Waals surface area contributed by atoms with Crippen LogP contribution in [0.3, 0.4) is 0 Å². The number of allylic oxidation sites excluding steroid dienone is 1. The maximum absolute atomic E-state index is 13.2. The molecule has 0 spiro atoms. The fraction of sp³-hybridized carbons (Fsp3) is 0.500. The fourth-order valence-corrected chi connectivity index (χ4v) is 4.98. The number of benzene rings is 1. The lowest BCUT2D eigenvalue weighted by Gasteiger charge is -2.36. The zero-order chi connectivity index (χ0) is 17.8. The second kappa shape index (κ2) is 5.70. The van der Waals surface area contributed by atoms with Crippen LogP contribution in [0.1, 0.15) is 31.2 Å². The van der Waals surface area contributed by atoms with Crippen molar-refractivity contribution >= 4 is 11.6 Å². The number of hydrogen-bond acceptors (Lipinski definition) is 5. The lowest BCUT2D eigenvalue weighted by Crippen LogP contribution is -2.47. The Morgan fingerprint density at radius 2 is 2.08 bits per heavy atom. The van der Waals surface area contributed by atoms with E-state index < -0.39 is 17.4 Å². The van der Waals surface area contributed by atoms with E-state index in [2.05, 4.69) is 13.5 Å². The molecule has 2 saturated carbocycles. The molecule has 4 rings (SSSR count). The van der Waals surface area contributed by atoms with Gasteiger partial charge in [-0.3, -0.25) is 9.59 Å². The molecule has 2 bridgehead atoms. The quantitative estimate of drug-likeness (QED) is 0.622. The van der Waals surface area contributed by atoms with Gasteiger partial charge in [0.25, 0.3) is 0 Å². The molecule has 3 aliphatic rings. The molecule has 0 saturated heterocycles. The first kappa shape index (κ1) is 16.3. The van der Waals surface area contributed by atoms with Crippen LogP contribution in [-0.4, -0.2) is 31.6 Å². The van der Waals surface area contributed by atoms with Gasteiger partial charge in [0.2, 0.25) is 6.79 Å². The van der Waals surface area contributed by atoms with Crippen molar-refractivity contribution in [2.75, 3.05) is 13.9 Å². The summed E-state index contributed by atoms with van der Waals surface area (Å²) in [6.07, 6.45) is 2.27. The Balaban J connectivity index is 1.81. The highest BCUT2D eigenvalue weighted by Crippen LogP contribution is 2.60. The van der Waals surface area contributed by atoms with Crippen molar-refractivity contribution in [3.8, 4) is 11.5 Å². The van der Waals surface area contributed by atoms with Gasteiger partial charge < -0.3 is 14.2 Å². The predicted molar refractivity (Wildman–Crippen MR) is 90.6 cm³/mol. The molecule has 0 N–H and O–H groups in total. The third kappa shape index (κ3) is 2.11. The van der Waals surface area contributed by atoms with Crippen LogP contribution in [0.5, 0.6) is 11.5 Å². The van der Waals surface area contributed by atoms with E-state index in [1.54, 1.807) is 13.2 Å². The molecule has 0 unspecified atom stereocenters. The lowest BCUT2D eigenvalue weighted by atomic mass is 9.67. The lowest BCUT2D eigenvalue weighted by molar-refractivity contribution is -0.149. The number of methoxy groups -OCH3 is 1. The SMILES string of the molecule is C=CC[C@]12C[C@H](OC)C(=O)[C@H](C1=O)[C@H](c1ccc3c(c1)OCO3)[C@H]2C. The van der Waals surface area contributed by atoms with E-state index in [9.17, 15) is 9.59 Å². The summed E-state index contributed by atoms with van der Waals surface area (Å²) in [5.74, 6) is 0.508. The maximum Gasteiger partial charge on any atom is 0.231 e. The van der Waals surface area contributed by atoms with Crippen LogP contribution in [0.2, 0.25) is 0 Å². The van der Waals surface area contributed by atoms with Gasteiger partial charge in [0.05, 0.1) is 5.92 Å². The van der Waals surface area contributed by atoms with Gasteiger partial charge in [-0.15, -0.1) is 6.58 Å². The van der Waals surface area contributed by atoms with Gasteiger partial charge in [-0.05, 0) is 36.5 Å². The zero-order valence-electron chi connectivity index (χ0n) is 14.5. The van der Waals surface area contributed by atoms with Crippen molar-refractivity contribution in [3.05, 3.63) is 36.4 Å². The van der Waals surface area contributed by atoms with Crippen molar-refractivity contribution in [2.45, 2.75) is 31.8 Å². The van der Waals surface area contributed by atoms with Crippen LogP contribution in [0.25, 0.3) is 0 Å². The Labute approximate surface area is 146 Å². The highest BCUT2D eigenvalue weighted by Gasteiger charge is 2.65. The average molecular weight is 342 g/mol. The number of rotatable bonds is 4. The van der Waals surface area contributed by atoms with Crippen LogP contribution in [0, 0.1) is 17.3 Å². The molecule has 5 nitrogen and oxygen atoms in total. The second-order valence-electron chi connectivity index (χ2n) is 7.25. The molecule has 0 amide bonds. The Hall–Kier alpha value is -2.14. The number of ether oxygens (including phenoxy) is 3. The van der Waals surface area contributed by atoms with Gasteiger partial charge in [0, 0.05) is 18.4 Å². The summed E-state index contributed by atoms with van der Waals surface area (Å²) >= 11 is 0. The van der Waals surface area contributed by atoms with E-state index in [-0.39, 0.29) is 30.2 Å². The average Bonchev–Trinajstić information content (AvgIpc) is 3.13. The summed E-state index contributed by atoms with van der Waals surface area (Å²) in [7, 11) is 1.54. The number of carbonyl (C=O) groups is 2. The van der Waals surface area contributed by atoms with Gasteiger partial charge in [0.15, 0.2) is 23.1 Å². The Kier molecular flexibility index (Phi) is 3.72. The standard InChI is InChI=1S/C20H22O5/c1-4-7-20-9-15(23-3)18(21)17(19(20)22)16(11(20)2)12-5-6-13-14(8-12)25-10-24-13/h4-6,8,11,15-17H,1,7,9-10H2,2-3H3/t11-,15+,16+,17-,20-/m1/s1. The first-order chi connectivity index (χ1) is 12.0. The molecule has 0 radical (unpaired) electrons. The Bertz CT molecular complexity index is 754. The normalized spacial score (nSPS) is 35.9. The smallest absolute Gasteiger partial charge is 0.231 e. The summed E-state index contributed by atoms with van der Waals surface area (Å²) in [5, 5.41) is 0. The molecule has 25 heavy (non-hydrogen) atoms. The molecule has 1 aromatic carbocycles. The number of Topliss-reactive ketones (excluding diaryl/α,β-unsaturated/α-hetero) is 2. The van der Waals surface area contributed by atoms with E-state index in [0.29, 0.717) is 24.3 Å². The Morgan fingerprint density at radius 1 is 1.32 bits per heavy atom. The minimum atomic E-state index is -0.658. The monoisotopic (exact) mass is 342 g/mol. The molecule has 1 heterocycles. The molecular weight excluding hydrogens is 320 g/mol.